The van der Waals surface area contributed by atoms with Crippen LogP contribution in [0.25, 0.3) is 5.69 Å². The van der Waals surface area contributed by atoms with E-state index in [1.807, 2.05) is 12.1 Å². The summed E-state index contributed by atoms with van der Waals surface area (Å²) in [7, 11) is -4.22. The molecule has 0 radical (unpaired) electrons. The third kappa shape index (κ3) is 3.56. The fourth-order valence-electron chi connectivity index (χ4n) is 2.35. The van der Waals surface area contributed by atoms with Gasteiger partial charge in [0.1, 0.15) is 10.7 Å². The fourth-order valence-corrected chi connectivity index (χ4v) is 3.94. The number of halogens is 2. The van der Waals surface area contributed by atoms with Gasteiger partial charge in [0.15, 0.2) is 0 Å². The number of hydrogen-bond donors (Lipinski definition) is 2. The lowest BCUT2D eigenvalue weighted by atomic mass is 10.2. The number of hydrogen-bond acceptors (Lipinski definition) is 3. The molecule has 0 spiro atoms. The summed E-state index contributed by atoms with van der Waals surface area (Å²) in [4.78, 5) is 10.5. The van der Waals surface area contributed by atoms with Gasteiger partial charge in [-0.2, -0.15) is 0 Å². The van der Waals surface area contributed by atoms with Gasteiger partial charge >= 0.3 is 5.97 Å². The maximum atomic E-state index is 13.6. The summed E-state index contributed by atoms with van der Waals surface area (Å²) in [5.74, 6) is -2.71. The maximum Gasteiger partial charge on any atom is 0.338 e. The smallest absolute Gasteiger partial charge is 0.338 e. The van der Waals surface area contributed by atoms with E-state index in [4.69, 9.17) is 16.7 Å². The molecular formula is C17H12ClFN2O4S. The van der Waals surface area contributed by atoms with Crippen LogP contribution in [0.4, 0.5) is 10.1 Å². The van der Waals surface area contributed by atoms with Crippen LogP contribution in [-0.4, -0.2) is 24.1 Å². The summed E-state index contributed by atoms with van der Waals surface area (Å²) in [5.41, 5.74) is 0.177. The summed E-state index contributed by atoms with van der Waals surface area (Å²) in [6.07, 6.45) is 3.59. The Labute approximate surface area is 153 Å². The quantitative estimate of drug-likeness (QED) is 0.689. The highest BCUT2D eigenvalue weighted by atomic mass is 35.5. The number of aromatic nitrogens is 1. The molecule has 2 N–H and O–H groups in total. The number of carboxylic acid groups (broad SMARTS) is 1. The molecule has 0 saturated carbocycles. The van der Waals surface area contributed by atoms with E-state index < -0.39 is 37.3 Å². The van der Waals surface area contributed by atoms with Crippen molar-refractivity contribution in [2.45, 2.75) is 4.90 Å². The number of anilines is 1. The van der Waals surface area contributed by atoms with Gasteiger partial charge in [-0.25, -0.2) is 17.6 Å². The predicted octanol–water partition coefficient (Wildman–Crippen LogP) is 3.77. The molecule has 134 valence electrons. The van der Waals surface area contributed by atoms with Crippen LogP contribution in [0.2, 0.25) is 5.02 Å². The van der Waals surface area contributed by atoms with Crippen molar-refractivity contribution in [2.75, 3.05) is 4.72 Å². The molecular weight excluding hydrogens is 383 g/mol. The standard InChI is InChI=1S/C17H12ClFN2O4S/c18-14-10-15(19)13(17(22)23)9-16(14)26(24,25)20-11-4-3-5-12(8-11)21-6-1-2-7-21/h1-10,20H,(H,22,23). The lowest BCUT2D eigenvalue weighted by Crippen LogP contribution is -2.15. The Kier molecular flexibility index (Phi) is 4.71. The van der Waals surface area contributed by atoms with Gasteiger partial charge in [-0.1, -0.05) is 17.7 Å². The molecule has 9 heteroatoms. The predicted molar refractivity (Wildman–Crippen MR) is 94.9 cm³/mol. The molecule has 1 heterocycles. The number of carboxylic acids is 1. The number of carbonyl (C=O) groups is 1. The van der Waals surface area contributed by atoms with Crippen molar-refractivity contribution in [2.24, 2.45) is 0 Å². The Balaban J connectivity index is 1.99. The zero-order valence-electron chi connectivity index (χ0n) is 13.1. The molecule has 0 aliphatic carbocycles. The van der Waals surface area contributed by atoms with Gasteiger partial charge in [0.2, 0.25) is 0 Å². The van der Waals surface area contributed by atoms with Gasteiger partial charge in [-0.15, -0.1) is 0 Å². The lowest BCUT2D eigenvalue weighted by Gasteiger charge is -2.12. The van der Waals surface area contributed by atoms with E-state index in [0.29, 0.717) is 17.8 Å². The highest BCUT2D eigenvalue weighted by Gasteiger charge is 2.23. The fraction of sp³-hybridized carbons (Fsp3) is 0. The molecule has 0 fully saturated rings. The van der Waals surface area contributed by atoms with Gasteiger partial charge in [0.05, 0.1) is 16.3 Å². The average molecular weight is 395 g/mol. The Morgan fingerprint density at radius 3 is 2.46 bits per heavy atom. The largest absolute Gasteiger partial charge is 0.478 e. The average Bonchev–Trinajstić information content (AvgIpc) is 3.08. The van der Waals surface area contributed by atoms with Crippen molar-refractivity contribution >= 4 is 33.3 Å². The highest BCUT2D eigenvalue weighted by Crippen LogP contribution is 2.27. The molecule has 0 aliphatic rings. The van der Waals surface area contributed by atoms with Crippen LogP contribution in [0.15, 0.2) is 65.8 Å². The molecule has 6 nitrogen and oxygen atoms in total. The van der Waals surface area contributed by atoms with Gasteiger partial charge in [-0.05, 0) is 42.5 Å². The van der Waals surface area contributed by atoms with E-state index in [-0.39, 0.29) is 5.69 Å². The Morgan fingerprint density at radius 1 is 1.12 bits per heavy atom. The van der Waals surface area contributed by atoms with Crippen LogP contribution >= 0.6 is 11.6 Å². The number of nitrogens with zero attached hydrogens (tertiary/aromatic N) is 1. The van der Waals surface area contributed by atoms with Gasteiger partial charge in [0, 0.05) is 18.1 Å². The highest BCUT2D eigenvalue weighted by molar-refractivity contribution is 7.92. The monoisotopic (exact) mass is 394 g/mol. The van der Waals surface area contributed by atoms with E-state index >= 15 is 0 Å². The molecule has 0 aliphatic heterocycles. The van der Waals surface area contributed by atoms with Gasteiger partial charge < -0.3 is 9.67 Å². The van der Waals surface area contributed by atoms with Crippen LogP contribution in [0.3, 0.4) is 0 Å². The molecule has 3 rings (SSSR count). The van der Waals surface area contributed by atoms with Crippen LogP contribution < -0.4 is 4.72 Å². The first kappa shape index (κ1) is 18.0. The third-order valence-electron chi connectivity index (χ3n) is 3.54. The van der Waals surface area contributed by atoms with E-state index in [1.54, 1.807) is 35.2 Å². The van der Waals surface area contributed by atoms with Crippen LogP contribution in [0, 0.1) is 5.82 Å². The molecule has 0 atom stereocenters. The van der Waals surface area contributed by atoms with E-state index in [1.165, 1.54) is 6.07 Å². The number of aromatic carboxylic acids is 1. The number of rotatable bonds is 5. The Morgan fingerprint density at radius 2 is 1.81 bits per heavy atom. The second-order valence-electron chi connectivity index (χ2n) is 5.31. The van der Waals surface area contributed by atoms with Crippen molar-refractivity contribution in [1.82, 2.24) is 4.57 Å². The Hall–Kier alpha value is -2.84. The Bertz CT molecular complexity index is 1080. The number of benzene rings is 2. The number of nitrogens with one attached hydrogen (secondary N) is 1. The normalized spacial score (nSPS) is 11.3. The minimum atomic E-state index is -4.22. The maximum absolute atomic E-state index is 13.6. The molecule has 26 heavy (non-hydrogen) atoms. The second-order valence-corrected chi connectivity index (χ2v) is 7.37. The van der Waals surface area contributed by atoms with Crippen LogP contribution in [-0.2, 0) is 10.0 Å². The topological polar surface area (TPSA) is 88.4 Å². The SMILES string of the molecule is O=C(O)c1cc(S(=O)(=O)Nc2cccc(-n3cccc3)c2)c(Cl)cc1F. The molecule has 0 bridgehead atoms. The zero-order valence-corrected chi connectivity index (χ0v) is 14.6. The van der Waals surface area contributed by atoms with Crippen molar-refractivity contribution in [3.05, 3.63) is 77.3 Å². The van der Waals surface area contributed by atoms with E-state index in [2.05, 4.69) is 4.72 Å². The third-order valence-corrected chi connectivity index (χ3v) is 5.39. The molecule has 3 aromatic rings. The number of sulfonamides is 1. The first-order valence-corrected chi connectivity index (χ1v) is 9.12. The van der Waals surface area contributed by atoms with E-state index in [0.717, 1.165) is 0 Å². The van der Waals surface area contributed by atoms with Crippen molar-refractivity contribution in [1.29, 1.82) is 0 Å². The first-order chi connectivity index (χ1) is 12.3. The summed E-state index contributed by atoms with van der Waals surface area (Å²) >= 11 is 5.81. The van der Waals surface area contributed by atoms with Gasteiger partial charge in [0.25, 0.3) is 10.0 Å². The molecule has 1 aromatic heterocycles. The summed E-state index contributed by atoms with van der Waals surface area (Å²) in [5, 5.41) is 8.56. The van der Waals surface area contributed by atoms with Crippen molar-refractivity contribution in [3.63, 3.8) is 0 Å². The minimum absolute atomic E-state index is 0.244. The summed E-state index contributed by atoms with van der Waals surface area (Å²) in [6, 6.07) is 11.6. The van der Waals surface area contributed by atoms with Gasteiger partial charge in [-0.3, -0.25) is 4.72 Å². The van der Waals surface area contributed by atoms with Crippen molar-refractivity contribution < 1.29 is 22.7 Å². The summed E-state index contributed by atoms with van der Waals surface area (Å²) in [6.45, 7) is 0. The van der Waals surface area contributed by atoms with E-state index in [9.17, 15) is 17.6 Å². The first-order valence-electron chi connectivity index (χ1n) is 7.26. The molecule has 0 unspecified atom stereocenters. The zero-order chi connectivity index (χ0) is 18.9. The minimum Gasteiger partial charge on any atom is -0.478 e. The molecule has 0 saturated heterocycles. The molecule has 0 amide bonds. The summed E-state index contributed by atoms with van der Waals surface area (Å²) < 4.78 is 42.9. The van der Waals surface area contributed by atoms with Crippen LogP contribution in [0.5, 0.6) is 0 Å². The lowest BCUT2D eigenvalue weighted by molar-refractivity contribution is 0.0691. The van der Waals surface area contributed by atoms with Crippen LogP contribution in [0.1, 0.15) is 10.4 Å². The second kappa shape index (κ2) is 6.81. The molecule has 2 aromatic carbocycles. The van der Waals surface area contributed by atoms with Crippen molar-refractivity contribution in [3.8, 4) is 5.69 Å².